The molecule has 0 spiro atoms. The summed E-state index contributed by atoms with van der Waals surface area (Å²) in [5, 5.41) is 22.7. The van der Waals surface area contributed by atoms with Crippen molar-refractivity contribution in [2.45, 2.75) is 25.6 Å². The molecule has 2 unspecified atom stereocenters. The summed E-state index contributed by atoms with van der Waals surface area (Å²) < 4.78 is 0. The van der Waals surface area contributed by atoms with Gasteiger partial charge in [0.1, 0.15) is 12.4 Å². The molecule has 0 aliphatic rings. The molecule has 0 fully saturated rings. The van der Waals surface area contributed by atoms with Gasteiger partial charge in [0.15, 0.2) is 0 Å². The Hall–Kier alpha value is -1.23. The molecule has 4 nitrogen and oxygen atoms in total. The second kappa shape index (κ2) is 6.49. The number of carbonyl (C=O) groups excluding carboxylic acids is 1. The highest BCUT2D eigenvalue weighted by molar-refractivity contribution is 5.75. The van der Waals surface area contributed by atoms with Crippen LogP contribution in [0, 0.1) is 6.92 Å². The maximum absolute atomic E-state index is 10.7. The van der Waals surface area contributed by atoms with Crippen molar-refractivity contribution in [3.05, 3.63) is 34.9 Å². The molecule has 3 N–H and O–H groups in total. The zero-order valence-electron chi connectivity index (χ0n) is 10.2. The van der Waals surface area contributed by atoms with E-state index in [2.05, 4.69) is 5.32 Å². The average Bonchev–Trinajstić information content (AvgIpc) is 2.34. The monoisotopic (exact) mass is 237 g/mol. The minimum Gasteiger partial charge on any atom is -0.390 e. The molecule has 0 bridgehead atoms. The van der Waals surface area contributed by atoms with Crippen LogP contribution < -0.4 is 5.32 Å². The van der Waals surface area contributed by atoms with Gasteiger partial charge in [0.2, 0.25) is 0 Å². The normalized spacial score (nSPS) is 14.4. The van der Waals surface area contributed by atoms with E-state index >= 15 is 0 Å². The van der Waals surface area contributed by atoms with Gasteiger partial charge in [-0.25, -0.2) is 0 Å². The van der Waals surface area contributed by atoms with Crippen LogP contribution in [0.3, 0.4) is 0 Å². The van der Waals surface area contributed by atoms with E-state index in [1.54, 1.807) is 25.2 Å². The van der Waals surface area contributed by atoms with Gasteiger partial charge in [0.25, 0.3) is 0 Å². The first kappa shape index (κ1) is 13.8. The SMILES string of the molecule is CNCCC(O)C(O)c1cc(C)cc(C=O)c1. The molecule has 1 aromatic rings. The molecule has 1 aromatic carbocycles. The Labute approximate surface area is 101 Å². The van der Waals surface area contributed by atoms with E-state index in [4.69, 9.17) is 0 Å². The Morgan fingerprint density at radius 2 is 2.06 bits per heavy atom. The third-order valence-corrected chi connectivity index (χ3v) is 2.65. The molecule has 0 aliphatic heterocycles. The number of nitrogens with one attached hydrogen (secondary N) is 1. The van der Waals surface area contributed by atoms with Gasteiger partial charge in [0, 0.05) is 5.56 Å². The fourth-order valence-corrected chi connectivity index (χ4v) is 1.75. The van der Waals surface area contributed by atoms with Crippen molar-refractivity contribution in [1.29, 1.82) is 0 Å². The number of carbonyl (C=O) groups is 1. The number of hydrogen-bond acceptors (Lipinski definition) is 4. The highest BCUT2D eigenvalue weighted by atomic mass is 16.3. The lowest BCUT2D eigenvalue weighted by atomic mass is 9.98. The van der Waals surface area contributed by atoms with Crippen LogP contribution in [0.2, 0.25) is 0 Å². The minimum absolute atomic E-state index is 0.460. The number of hydrogen-bond donors (Lipinski definition) is 3. The highest BCUT2D eigenvalue weighted by Crippen LogP contribution is 2.21. The minimum atomic E-state index is -0.957. The molecule has 94 valence electrons. The Balaban J connectivity index is 2.83. The van der Waals surface area contributed by atoms with Crippen LogP contribution in [0.5, 0.6) is 0 Å². The lowest BCUT2D eigenvalue weighted by molar-refractivity contribution is 0.0140. The Kier molecular flexibility index (Phi) is 5.28. The second-order valence-corrected chi connectivity index (χ2v) is 4.20. The van der Waals surface area contributed by atoms with Crippen molar-refractivity contribution in [3.63, 3.8) is 0 Å². The first-order valence-electron chi connectivity index (χ1n) is 5.66. The maximum atomic E-state index is 10.7. The van der Waals surface area contributed by atoms with E-state index in [1.807, 2.05) is 6.92 Å². The van der Waals surface area contributed by atoms with Gasteiger partial charge in [-0.3, -0.25) is 4.79 Å². The van der Waals surface area contributed by atoms with Crippen LogP contribution in [0.1, 0.15) is 34.0 Å². The summed E-state index contributed by atoms with van der Waals surface area (Å²) in [7, 11) is 1.79. The van der Waals surface area contributed by atoms with Crippen LogP contribution >= 0.6 is 0 Å². The molecule has 0 saturated carbocycles. The summed E-state index contributed by atoms with van der Waals surface area (Å²) in [5.41, 5.74) is 1.99. The summed E-state index contributed by atoms with van der Waals surface area (Å²) in [4.78, 5) is 10.7. The van der Waals surface area contributed by atoms with E-state index in [1.165, 1.54) is 0 Å². The number of benzene rings is 1. The van der Waals surface area contributed by atoms with Gasteiger partial charge in [-0.1, -0.05) is 11.6 Å². The van der Waals surface area contributed by atoms with Crippen molar-refractivity contribution in [2.24, 2.45) is 0 Å². The zero-order valence-corrected chi connectivity index (χ0v) is 10.2. The first-order chi connectivity index (χ1) is 8.08. The molecular weight excluding hydrogens is 218 g/mol. The molecule has 2 atom stereocenters. The predicted octanol–water partition coefficient (Wildman–Crippen LogP) is 0.811. The number of aliphatic hydroxyl groups is 2. The smallest absolute Gasteiger partial charge is 0.150 e. The van der Waals surface area contributed by atoms with E-state index in [0.717, 1.165) is 11.8 Å². The summed E-state index contributed by atoms with van der Waals surface area (Å²) in [6.45, 7) is 2.48. The van der Waals surface area contributed by atoms with E-state index in [-0.39, 0.29) is 0 Å². The van der Waals surface area contributed by atoms with E-state index in [0.29, 0.717) is 24.1 Å². The van der Waals surface area contributed by atoms with Crippen molar-refractivity contribution < 1.29 is 15.0 Å². The van der Waals surface area contributed by atoms with Crippen LogP contribution in [0.25, 0.3) is 0 Å². The quantitative estimate of drug-likeness (QED) is 0.640. The fourth-order valence-electron chi connectivity index (χ4n) is 1.75. The van der Waals surface area contributed by atoms with Gasteiger partial charge in [-0.2, -0.15) is 0 Å². The Bertz CT molecular complexity index is 379. The van der Waals surface area contributed by atoms with Crippen LogP contribution in [0.4, 0.5) is 0 Å². The molecule has 0 aliphatic carbocycles. The highest BCUT2D eigenvalue weighted by Gasteiger charge is 2.18. The zero-order chi connectivity index (χ0) is 12.8. The first-order valence-corrected chi connectivity index (χ1v) is 5.66. The lowest BCUT2D eigenvalue weighted by Gasteiger charge is -2.18. The molecule has 17 heavy (non-hydrogen) atoms. The molecule has 0 heterocycles. The van der Waals surface area contributed by atoms with Gasteiger partial charge in [-0.15, -0.1) is 0 Å². The van der Waals surface area contributed by atoms with Crippen LogP contribution in [0.15, 0.2) is 18.2 Å². The average molecular weight is 237 g/mol. The topological polar surface area (TPSA) is 69.6 Å². The van der Waals surface area contributed by atoms with Crippen LogP contribution in [-0.4, -0.2) is 36.2 Å². The Morgan fingerprint density at radius 3 is 2.65 bits per heavy atom. The Morgan fingerprint density at radius 1 is 1.35 bits per heavy atom. The largest absolute Gasteiger partial charge is 0.390 e. The van der Waals surface area contributed by atoms with Crippen molar-refractivity contribution in [2.75, 3.05) is 13.6 Å². The number of aryl methyl sites for hydroxylation is 1. The summed E-state index contributed by atoms with van der Waals surface area (Å²) in [6.07, 6.45) is -0.587. The number of rotatable bonds is 6. The van der Waals surface area contributed by atoms with Gasteiger partial charge in [-0.05, 0) is 44.6 Å². The lowest BCUT2D eigenvalue weighted by Crippen LogP contribution is -2.23. The van der Waals surface area contributed by atoms with Crippen molar-refractivity contribution in [1.82, 2.24) is 5.32 Å². The summed E-state index contributed by atoms with van der Waals surface area (Å²) in [5.74, 6) is 0. The van der Waals surface area contributed by atoms with Gasteiger partial charge < -0.3 is 15.5 Å². The standard InChI is InChI=1S/C13H19NO3/c1-9-5-10(8-15)7-11(6-9)13(17)12(16)3-4-14-2/h5-8,12-14,16-17H,3-4H2,1-2H3. The molecule has 4 heteroatoms. The molecule has 0 aromatic heterocycles. The van der Waals surface area contributed by atoms with Crippen molar-refractivity contribution in [3.8, 4) is 0 Å². The molecule has 0 radical (unpaired) electrons. The summed E-state index contributed by atoms with van der Waals surface area (Å²) in [6, 6.07) is 5.12. The third kappa shape index (κ3) is 3.93. The fraction of sp³-hybridized carbons (Fsp3) is 0.462. The summed E-state index contributed by atoms with van der Waals surface area (Å²) >= 11 is 0. The van der Waals surface area contributed by atoms with Crippen LogP contribution in [-0.2, 0) is 0 Å². The predicted molar refractivity (Wildman–Crippen MR) is 66.1 cm³/mol. The van der Waals surface area contributed by atoms with Gasteiger partial charge in [0.05, 0.1) is 6.10 Å². The number of aliphatic hydroxyl groups excluding tert-OH is 2. The second-order valence-electron chi connectivity index (χ2n) is 4.20. The maximum Gasteiger partial charge on any atom is 0.150 e. The number of aldehydes is 1. The van der Waals surface area contributed by atoms with E-state index < -0.39 is 12.2 Å². The molecular formula is C13H19NO3. The molecule has 0 saturated heterocycles. The van der Waals surface area contributed by atoms with Crippen molar-refractivity contribution >= 4 is 6.29 Å². The molecule has 0 amide bonds. The van der Waals surface area contributed by atoms with Gasteiger partial charge >= 0.3 is 0 Å². The third-order valence-electron chi connectivity index (χ3n) is 2.65. The van der Waals surface area contributed by atoms with E-state index in [9.17, 15) is 15.0 Å². The molecule has 1 rings (SSSR count).